The highest BCUT2D eigenvalue weighted by molar-refractivity contribution is 7.84. The van der Waals surface area contributed by atoms with Crippen molar-refractivity contribution in [1.29, 1.82) is 0 Å². The van der Waals surface area contributed by atoms with E-state index in [-0.39, 0.29) is 12.2 Å². The summed E-state index contributed by atoms with van der Waals surface area (Å²) in [5.41, 5.74) is 5.67. The molecule has 0 unspecified atom stereocenters. The number of carbonyl (C=O) groups is 1. The van der Waals surface area contributed by atoms with Gasteiger partial charge >= 0.3 is 0 Å². The number of hydrogen-bond donors (Lipinski definition) is 0. The van der Waals surface area contributed by atoms with Gasteiger partial charge in [0.25, 0.3) is 0 Å². The second-order valence-electron chi connectivity index (χ2n) is 10.8. The van der Waals surface area contributed by atoms with E-state index in [1.54, 1.807) is 6.08 Å². The van der Waals surface area contributed by atoms with Gasteiger partial charge in [0.2, 0.25) is 0 Å². The smallest absolute Gasteiger partial charge is 0.160 e. The minimum absolute atomic E-state index is 0.0276. The Bertz CT molecular complexity index is 1580. The third-order valence-corrected chi connectivity index (χ3v) is 8.58. The summed E-state index contributed by atoms with van der Waals surface area (Å²) in [5, 5.41) is 0. The van der Waals surface area contributed by atoms with Crippen molar-refractivity contribution in [2.75, 3.05) is 26.4 Å². The Morgan fingerprint density at radius 2 is 1.64 bits per heavy atom. The number of imidazole rings is 1. The van der Waals surface area contributed by atoms with Gasteiger partial charge in [-0.1, -0.05) is 44.2 Å². The summed E-state index contributed by atoms with van der Waals surface area (Å²) in [5.74, 6) is 1.91. The van der Waals surface area contributed by atoms with Crippen LogP contribution < -0.4 is 9.47 Å². The van der Waals surface area contributed by atoms with Crippen LogP contribution >= 0.6 is 0 Å². The maximum Gasteiger partial charge on any atom is 0.160 e. The lowest BCUT2D eigenvalue weighted by atomic mass is 10.0. The van der Waals surface area contributed by atoms with Crippen LogP contribution in [0.3, 0.4) is 0 Å². The van der Waals surface area contributed by atoms with Crippen molar-refractivity contribution in [2.45, 2.75) is 64.2 Å². The highest BCUT2D eigenvalue weighted by atomic mass is 32.2. The van der Waals surface area contributed by atoms with Gasteiger partial charge < -0.3 is 18.8 Å². The van der Waals surface area contributed by atoms with Gasteiger partial charge in [0.15, 0.2) is 5.78 Å². The largest absolute Gasteiger partial charge is 0.493 e. The van der Waals surface area contributed by atoms with E-state index < -0.39 is 10.8 Å². The van der Waals surface area contributed by atoms with Crippen molar-refractivity contribution >= 4 is 22.7 Å². The van der Waals surface area contributed by atoms with E-state index in [1.165, 1.54) is 0 Å². The molecule has 0 saturated heterocycles. The summed E-state index contributed by atoms with van der Waals surface area (Å²) in [6.45, 7) is 11.3. The predicted octanol–water partition coefficient (Wildman–Crippen LogP) is 7.61. The molecule has 1 atom stereocenters. The molecular formula is C37H44N2O5S. The number of allylic oxidation sites excluding steroid dienone is 1. The zero-order valence-corrected chi connectivity index (χ0v) is 27.6. The van der Waals surface area contributed by atoms with E-state index in [9.17, 15) is 9.00 Å². The van der Waals surface area contributed by atoms with Gasteiger partial charge in [-0.2, -0.15) is 0 Å². The SMILES string of the molecule is CCCOCCOc1ccc(-c2ccc(OCC)c(/C=C/C(=O)Cc3ccc([S@@](=O)Cc4c(C)ncn4CCC)cc3)c2)cc1. The van der Waals surface area contributed by atoms with Crippen LogP contribution in [-0.2, 0) is 39.0 Å². The van der Waals surface area contributed by atoms with E-state index >= 15 is 0 Å². The van der Waals surface area contributed by atoms with Gasteiger partial charge in [-0.3, -0.25) is 9.00 Å². The molecule has 3 aromatic carbocycles. The summed E-state index contributed by atoms with van der Waals surface area (Å²) in [6, 6.07) is 21.4. The van der Waals surface area contributed by atoms with Gasteiger partial charge in [-0.25, -0.2) is 4.98 Å². The number of ketones is 1. The van der Waals surface area contributed by atoms with Crippen molar-refractivity contribution < 1.29 is 23.2 Å². The average molecular weight is 629 g/mol. The van der Waals surface area contributed by atoms with Crippen LogP contribution in [0, 0.1) is 6.92 Å². The third kappa shape index (κ3) is 9.99. The van der Waals surface area contributed by atoms with Crippen LogP contribution in [0.2, 0.25) is 0 Å². The molecule has 1 heterocycles. The zero-order chi connectivity index (χ0) is 32.0. The van der Waals surface area contributed by atoms with Gasteiger partial charge in [0, 0.05) is 30.0 Å². The van der Waals surface area contributed by atoms with Crippen molar-refractivity contribution in [1.82, 2.24) is 9.55 Å². The van der Waals surface area contributed by atoms with Crippen LogP contribution in [0.4, 0.5) is 0 Å². The van der Waals surface area contributed by atoms with E-state index in [4.69, 9.17) is 14.2 Å². The fourth-order valence-corrected chi connectivity index (χ4v) is 6.12. The zero-order valence-electron chi connectivity index (χ0n) is 26.8. The van der Waals surface area contributed by atoms with Crippen molar-refractivity contribution in [3.63, 3.8) is 0 Å². The van der Waals surface area contributed by atoms with Gasteiger partial charge in [0.05, 0.1) is 47.5 Å². The number of hydrogen-bond acceptors (Lipinski definition) is 6. The maximum atomic E-state index is 13.1. The number of benzene rings is 3. The molecule has 4 aromatic rings. The number of carbonyl (C=O) groups excluding carboxylic acids is 1. The summed E-state index contributed by atoms with van der Waals surface area (Å²) in [6.07, 6.45) is 7.47. The minimum Gasteiger partial charge on any atom is -0.493 e. The number of nitrogens with zero attached hydrogens (tertiary/aromatic N) is 2. The number of rotatable bonds is 18. The molecule has 0 N–H and O–H groups in total. The Balaban J connectivity index is 1.38. The summed E-state index contributed by atoms with van der Waals surface area (Å²) in [4.78, 5) is 18.1. The number of aryl methyl sites for hydroxylation is 2. The molecule has 0 saturated carbocycles. The molecule has 238 valence electrons. The molecule has 0 fully saturated rings. The quantitative estimate of drug-likeness (QED) is 0.0834. The van der Waals surface area contributed by atoms with Gasteiger partial charge in [-0.15, -0.1) is 0 Å². The summed E-state index contributed by atoms with van der Waals surface area (Å²) in [7, 11) is -1.20. The Morgan fingerprint density at radius 3 is 2.36 bits per heavy atom. The average Bonchev–Trinajstić information content (AvgIpc) is 3.39. The lowest BCUT2D eigenvalue weighted by Crippen LogP contribution is -2.06. The molecule has 0 amide bonds. The molecule has 45 heavy (non-hydrogen) atoms. The Hall–Kier alpha value is -4.01. The topological polar surface area (TPSA) is 79.7 Å². The second kappa shape index (κ2) is 17.5. The van der Waals surface area contributed by atoms with E-state index in [2.05, 4.69) is 23.4 Å². The number of ether oxygens (including phenoxy) is 3. The molecule has 0 bridgehead atoms. The van der Waals surface area contributed by atoms with Crippen molar-refractivity contribution in [2.24, 2.45) is 0 Å². The molecular weight excluding hydrogens is 584 g/mol. The first-order valence-electron chi connectivity index (χ1n) is 15.7. The molecule has 8 heteroatoms. The van der Waals surface area contributed by atoms with E-state index in [0.717, 1.165) is 76.0 Å². The predicted molar refractivity (Wildman–Crippen MR) is 181 cm³/mol. The van der Waals surface area contributed by atoms with Crippen LogP contribution in [0.5, 0.6) is 11.5 Å². The molecule has 7 nitrogen and oxygen atoms in total. The molecule has 0 aliphatic rings. The van der Waals surface area contributed by atoms with E-state index in [0.29, 0.717) is 25.6 Å². The number of aromatic nitrogens is 2. The first-order chi connectivity index (χ1) is 21.9. The fourth-order valence-electron chi connectivity index (χ4n) is 4.89. The Morgan fingerprint density at radius 1 is 0.889 bits per heavy atom. The van der Waals surface area contributed by atoms with Crippen LogP contribution in [-0.4, -0.2) is 46.0 Å². The highest BCUT2D eigenvalue weighted by Crippen LogP contribution is 2.29. The highest BCUT2D eigenvalue weighted by Gasteiger charge is 2.13. The maximum absolute atomic E-state index is 13.1. The minimum atomic E-state index is -1.20. The molecule has 0 aliphatic carbocycles. The summed E-state index contributed by atoms with van der Waals surface area (Å²) < 4.78 is 32.3. The lowest BCUT2D eigenvalue weighted by Gasteiger charge is -2.11. The fraction of sp³-hybridized carbons (Fsp3) is 0.351. The molecule has 4 rings (SSSR count). The Labute approximate surface area is 269 Å². The second-order valence-corrected chi connectivity index (χ2v) is 12.2. The normalized spacial score (nSPS) is 12.0. The summed E-state index contributed by atoms with van der Waals surface area (Å²) >= 11 is 0. The van der Waals surface area contributed by atoms with Crippen LogP contribution in [0.15, 0.2) is 84.0 Å². The van der Waals surface area contributed by atoms with Crippen molar-refractivity contribution in [3.8, 4) is 22.6 Å². The monoisotopic (exact) mass is 628 g/mol. The van der Waals surface area contributed by atoms with Crippen LogP contribution in [0.1, 0.15) is 56.1 Å². The lowest BCUT2D eigenvalue weighted by molar-refractivity contribution is -0.113. The van der Waals surface area contributed by atoms with E-state index in [1.807, 2.05) is 93.0 Å². The molecule has 0 radical (unpaired) electrons. The molecule has 0 spiro atoms. The first-order valence-corrected chi connectivity index (χ1v) is 17.0. The molecule has 0 aliphatic heterocycles. The standard InChI is InChI=1S/C37H44N2O5S/c1-5-20-39-27-38-28(4)36(39)26-45(41)35-17-8-29(9-18-35)24-33(40)14-10-32-25-31(13-19-37(32)43-7-3)30-11-15-34(16-12-30)44-23-22-42-21-6-2/h8-19,25,27H,5-7,20-24,26H2,1-4H3/b14-10+/t45-/m0/s1. The van der Waals surface area contributed by atoms with Gasteiger partial charge in [0.1, 0.15) is 18.1 Å². The first kappa shape index (κ1) is 33.9. The van der Waals surface area contributed by atoms with Crippen molar-refractivity contribution in [3.05, 3.63) is 102 Å². The Kier molecular flexibility index (Phi) is 13.2. The third-order valence-electron chi connectivity index (χ3n) is 7.24. The van der Waals surface area contributed by atoms with Crippen LogP contribution in [0.25, 0.3) is 17.2 Å². The molecule has 1 aromatic heterocycles. The van der Waals surface area contributed by atoms with Gasteiger partial charge in [-0.05, 0) is 91.9 Å².